The van der Waals surface area contributed by atoms with Gasteiger partial charge in [-0.1, -0.05) is 117 Å². The van der Waals surface area contributed by atoms with Gasteiger partial charge in [0.1, 0.15) is 0 Å². The molecule has 0 fully saturated rings. The summed E-state index contributed by atoms with van der Waals surface area (Å²) in [7, 11) is 0. The Labute approximate surface area is 164 Å². The molecule has 0 aliphatic carbocycles. The fourth-order valence-electron chi connectivity index (χ4n) is 3.34. The van der Waals surface area contributed by atoms with Gasteiger partial charge in [0.2, 0.25) is 0 Å². The molecule has 0 saturated carbocycles. The van der Waals surface area contributed by atoms with E-state index in [1.807, 2.05) is 0 Å². The van der Waals surface area contributed by atoms with E-state index in [1.54, 1.807) is 0 Å². The number of rotatable bonds is 20. The normalized spacial score (nSPS) is 10.8. The van der Waals surface area contributed by atoms with Gasteiger partial charge < -0.3 is 10.6 Å². The van der Waals surface area contributed by atoms with Gasteiger partial charge in [-0.05, 0) is 12.8 Å². The maximum atomic E-state index is 11.7. The number of amides is 2. The Bertz CT molecular complexity index is 255. The van der Waals surface area contributed by atoms with E-state index >= 15 is 0 Å². The predicted octanol–water partition coefficient (Wildman–Crippen LogP) is 7.35. The lowest BCUT2D eigenvalue weighted by Gasteiger charge is -2.08. The fraction of sp³-hybridized carbons (Fsp3) is 0.957. The zero-order chi connectivity index (χ0) is 19.1. The highest BCUT2D eigenvalue weighted by molar-refractivity contribution is 5.73. The quantitative estimate of drug-likeness (QED) is 0.217. The van der Waals surface area contributed by atoms with Crippen molar-refractivity contribution in [3.8, 4) is 0 Å². The van der Waals surface area contributed by atoms with Crippen LogP contribution in [0.4, 0.5) is 4.79 Å². The summed E-state index contributed by atoms with van der Waals surface area (Å²) in [5.41, 5.74) is 0. The molecule has 0 aromatic carbocycles. The lowest BCUT2D eigenvalue weighted by Crippen LogP contribution is -2.36. The van der Waals surface area contributed by atoms with Crippen LogP contribution in [0.2, 0.25) is 0 Å². The largest absolute Gasteiger partial charge is 0.338 e. The number of carbonyl (C=O) groups is 1. The van der Waals surface area contributed by atoms with E-state index in [0.29, 0.717) is 0 Å². The first-order chi connectivity index (χ1) is 12.8. The van der Waals surface area contributed by atoms with Crippen LogP contribution in [0.5, 0.6) is 0 Å². The van der Waals surface area contributed by atoms with Gasteiger partial charge in [-0.25, -0.2) is 4.79 Å². The molecule has 0 unspecified atom stereocenters. The summed E-state index contributed by atoms with van der Waals surface area (Å²) >= 11 is 0. The summed E-state index contributed by atoms with van der Waals surface area (Å²) in [5.74, 6) is 0. The first-order valence-corrected chi connectivity index (χ1v) is 11.8. The molecule has 2 amide bonds. The summed E-state index contributed by atoms with van der Waals surface area (Å²) < 4.78 is 0. The molecule has 0 aliphatic rings. The summed E-state index contributed by atoms with van der Waals surface area (Å²) in [5, 5.41) is 5.96. The lowest BCUT2D eigenvalue weighted by atomic mass is 10.1. The van der Waals surface area contributed by atoms with Gasteiger partial charge in [-0.15, -0.1) is 0 Å². The van der Waals surface area contributed by atoms with Crippen molar-refractivity contribution < 1.29 is 4.79 Å². The third-order valence-corrected chi connectivity index (χ3v) is 5.13. The zero-order valence-corrected chi connectivity index (χ0v) is 18.1. The Morgan fingerprint density at radius 1 is 0.462 bits per heavy atom. The molecule has 3 heteroatoms. The van der Waals surface area contributed by atoms with E-state index < -0.39 is 0 Å². The monoisotopic (exact) mass is 368 g/mol. The Morgan fingerprint density at radius 3 is 1.04 bits per heavy atom. The van der Waals surface area contributed by atoms with Crippen LogP contribution in [0.15, 0.2) is 0 Å². The van der Waals surface area contributed by atoms with Gasteiger partial charge in [-0.3, -0.25) is 0 Å². The smallest absolute Gasteiger partial charge is 0.314 e. The molecule has 156 valence electrons. The first kappa shape index (κ1) is 25.3. The Balaban J connectivity index is 3.13. The molecule has 0 aliphatic heterocycles. The first-order valence-electron chi connectivity index (χ1n) is 11.8. The highest BCUT2D eigenvalue weighted by Crippen LogP contribution is 2.10. The van der Waals surface area contributed by atoms with E-state index in [1.165, 1.54) is 103 Å². The number of nitrogens with one attached hydrogen (secondary N) is 2. The van der Waals surface area contributed by atoms with Crippen LogP contribution in [0, 0.1) is 0 Å². The molecule has 0 saturated heterocycles. The van der Waals surface area contributed by atoms with E-state index in [-0.39, 0.29) is 6.03 Å². The summed E-state index contributed by atoms with van der Waals surface area (Å²) in [6.07, 6.45) is 23.8. The highest BCUT2D eigenvalue weighted by atomic mass is 16.2. The molecule has 0 bridgehead atoms. The van der Waals surface area contributed by atoms with Gasteiger partial charge in [0.25, 0.3) is 0 Å². The molecule has 0 rings (SSSR count). The van der Waals surface area contributed by atoms with Crippen LogP contribution in [0.25, 0.3) is 0 Å². The van der Waals surface area contributed by atoms with Gasteiger partial charge in [-0.2, -0.15) is 0 Å². The zero-order valence-electron chi connectivity index (χ0n) is 18.1. The van der Waals surface area contributed by atoms with Crippen LogP contribution < -0.4 is 10.6 Å². The topological polar surface area (TPSA) is 41.1 Å². The molecule has 2 N–H and O–H groups in total. The number of carbonyl (C=O) groups excluding carboxylic acids is 1. The maximum Gasteiger partial charge on any atom is 0.314 e. The number of hydrogen-bond acceptors (Lipinski definition) is 1. The Kier molecular flexibility index (Phi) is 21.7. The maximum absolute atomic E-state index is 11.7. The third kappa shape index (κ3) is 21.3. The minimum atomic E-state index is 0.0177. The number of unbranched alkanes of at least 4 members (excludes halogenated alkanes) is 16. The average molecular weight is 369 g/mol. The van der Waals surface area contributed by atoms with Crippen molar-refractivity contribution >= 4 is 6.03 Å². The fourth-order valence-corrected chi connectivity index (χ4v) is 3.34. The van der Waals surface area contributed by atoms with Crippen molar-refractivity contribution in [1.82, 2.24) is 10.6 Å². The van der Waals surface area contributed by atoms with Crippen LogP contribution in [-0.4, -0.2) is 19.1 Å². The summed E-state index contributed by atoms with van der Waals surface area (Å²) in [6.45, 7) is 6.16. The van der Waals surface area contributed by atoms with Crippen molar-refractivity contribution in [2.45, 2.75) is 129 Å². The molecule has 0 aromatic heterocycles. The van der Waals surface area contributed by atoms with E-state index in [4.69, 9.17) is 0 Å². The van der Waals surface area contributed by atoms with Crippen molar-refractivity contribution in [2.24, 2.45) is 0 Å². The molecule has 0 aromatic rings. The van der Waals surface area contributed by atoms with Gasteiger partial charge in [0.05, 0.1) is 0 Å². The van der Waals surface area contributed by atoms with Gasteiger partial charge in [0.15, 0.2) is 0 Å². The summed E-state index contributed by atoms with van der Waals surface area (Å²) in [6, 6.07) is 0.0177. The van der Waals surface area contributed by atoms with Crippen LogP contribution in [0.1, 0.15) is 129 Å². The molecule has 26 heavy (non-hydrogen) atoms. The molecule has 0 heterocycles. The second-order valence-electron chi connectivity index (χ2n) is 7.84. The molecular weight excluding hydrogens is 320 g/mol. The Hall–Kier alpha value is -0.730. The van der Waals surface area contributed by atoms with Crippen LogP contribution in [-0.2, 0) is 0 Å². The molecular formula is C23H48N2O. The standard InChI is InChI=1S/C23H48N2O/c1-3-5-7-9-11-13-15-17-19-21-24-23(26)25-22-20-18-16-14-12-10-8-6-4-2/h3-22H2,1-2H3,(H2,24,25,26). The van der Waals surface area contributed by atoms with Crippen LogP contribution in [0.3, 0.4) is 0 Å². The second-order valence-corrected chi connectivity index (χ2v) is 7.84. The van der Waals surface area contributed by atoms with Crippen LogP contribution >= 0.6 is 0 Å². The number of hydrogen-bond donors (Lipinski definition) is 2. The predicted molar refractivity (Wildman–Crippen MR) is 116 cm³/mol. The summed E-state index contributed by atoms with van der Waals surface area (Å²) in [4.78, 5) is 11.7. The number of urea groups is 1. The van der Waals surface area contributed by atoms with Crippen molar-refractivity contribution in [3.63, 3.8) is 0 Å². The third-order valence-electron chi connectivity index (χ3n) is 5.13. The van der Waals surface area contributed by atoms with E-state index in [0.717, 1.165) is 25.9 Å². The molecule has 0 atom stereocenters. The van der Waals surface area contributed by atoms with Crippen molar-refractivity contribution in [1.29, 1.82) is 0 Å². The van der Waals surface area contributed by atoms with Crippen molar-refractivity contribution in [2.75, 3.05) is 13.1 Å². The van der Waals surface area contributed by atoms with Crippen molar-refractivity contribution in [3.05, 3.63) is 0 Å². The minimum absolute atomic E-state index is 0.0177. The average Bonchev–Trinajstić information content (AvgIpc) is 2.64. The van der Waals surface area contributed by atoms with Gasteiger partial charge >= 0.3 is 6.03 Å². The second kappa shape index (κ2) is 22.3. The molecule has 0 spiro atoms. The lowest BCUT2D eigenvalue weighted by molar-refractivity contribution is 0.240. The molecule has 0 radical (unpaired) electrons. The highest BCUT2D eigenvalue weighted by Gasteiger charge is 1.99. The van der Waals surface area contributed by atoms with E-state index in [2.05, 4.69) is 24.5 Å². The molecule has 3 nitrogen and oxygen atoms in total. The Morgan fingerprint density at radius 2 is 0.731 bits per heavy atom. The van der Waals surface area contributed by atoms with Gasteiger partial charge in [0, 0.05) is 13.1 Å². The van der Waals surface area contributed by atoms with E-state index in [9.17, 15) is 4.79 Å². The SMILES string of the molecule is CCCCCCCCCCCNC(=O)NCCCCCCCCCCC. The minimum Gasteiger partial charge on any atom is -0.338 e.